The summed E-state index contributed by atoms with van der Waals surface area (Å²) in [5, 5.41) is 0.308. The zero-order chi connectivity index (χ0) is 40.0. The van der Waals surface area contributed by atoms with Gasteiger partial charge in [0.05, 0.1) is 17.8 Å². The molecule has 0 N–H and O–H groups in total. The lowest BCUT2D eigenvalue weighted by atomic mass is 9.61. The van der Waals surface area contributed by atoms with Gasteiger partial charge in [-0.3, -0.25) is 0 Å². The van der Waals surface area contributed by atoms with Crippen molar-refractivity contribution in [1.82, 2.24) is 0 Å². The van der Waals surface area contributed by atoms with Crippen LogP contribution in [0.15, 0.2) is 59.7 Å². The van der Waals surface area contributed by atoms with Crippen molar-refractivity contribution in [2.75, 3.05) is 0 Å². The van der Waals surface area contributed by atoms with E-state index in [-0.39, 0.29) is 33.3 Å². The van der Waals surface area contributed by atoms with Gasteiger partial charge < -0.3 is 13.3 Å². The first-order chi connectivity index (χ1) is 24.1. The molecule has 3 aliphatic carbocycles. The smallest absolute Gasteiger partial charge is 0.192 e. The summed E-state index contributed by atoms with van der Waals surface area (Å²) >= 11 is 0. The van der Waals surface area contributed by atoms with Crippen LogP contribution in [0.1, 0.15) is 125 Å². The average Bonchev–Trinajstić information content (AvgIpc) is 3.36. The Hall–Kier alpha value is -1.47. The molecular weight excluding hydrogens is 697 g/mol. The number of allylic oxidation sites excluding steroid dienone is 3. The summed E-state index contributed by atoms with van der Waals surface area (Å²) in [5.41, 5.74) is 6.40. The maximum Gasteiger partial charge on any atom is 0.192 e. The molecule has 296 valence electrons. The van der Waals surface area contributed by atoms with Gasteiger partial charge >= 0.3 is 0 Å². The van der Waals surface area contributed by atoms with Gasteiger partial charge in [0.1, 0.15) is 0 Å². The van der Waals surface area contributed by atoms with E-state index in [0.29, 0.717) is 17.8 Å². The second-order valence-electron chi connectivity index (χ2n) is 21.7. The van der Waals surface area contributed by atoms with Gasteiger partial charge in [-0.05, 0) is 154 Å². The molecule has 0 bridgehead atoms. The SMILES string of the molecule is C=C1/C(=C\C=C2/CCC[C@]3(C)[C@@H]([C@@H](C)C#Cc4cccc(C(C)(C)O[Si](C)(C)C)c4)CC[C@@H]23)C[C@@H](O[Si](C)(C)C(C)(C)C)C[C@@H]1O[Si](C)(C)C(C)(C)C. The fourth-order valence-corrected chi connectivity index (χ4v) is 13.3. The molecule has 53 heavy (non-hydrogen) atoms. The summed E-state index contributed by atoms with van der Waals surface area (Å²) < 4.78 is 20.8. The zero-order valence-electron chi connectivity index (χ0n) is 37.2. The lowest BCUT2D eigenvalue weighted by Crippen LogP contribution is -2.49. The van der Waals surface area contributed by atoms with E-state index in [9.17, 15) is 0 Å². The Morgan fingerprint density at radius 2 is 1.51 bits per heavy atom. The first kappa shape index (κ1) is 44.2. The number of hydrogen-bond acceptors (Lipinski definition) is 3. The van der Waals surface area contributed by atoms with E-state index < -0.39 is 25.0 Å². The lowest BCUT2D eigenvalue weighted by Gasteiger charge is -2.45. The third kappa shape index (κ3) is 10.5. The minimum Gasteiger partial charge on any atom is -0.413 e. The van der Waals surface area contributed by atoms with Crippen molar-refractivity contribution < 1.29 is 13.3 Å². The van der Waals surface area contributed by atoms with Crippen molar-refractivity contribution in [3.8, 4) is 11.8 Å². The Balaban J connectivity index is 1.57. The highest BCUT2D eigenvalue weighted by Gasteiger charge is 2.51. The third-order valence-corrected chi connectivity index (χ3v) is 24.1. The first-order valence-corrected chi connectivity index (χ1v) is 30.1. The summed E-state index contributed by atoms with van der Waals surface area (Å²) in [6, 6.07) is 8.74. The molecule has 0 unspecified atom stereocenters. The van der Waals surface area contributed by atoms with Crippen LogP contribution >= 0.6 is 0 Å². The van der Waals surface area contributed by atoms with Crippen molar-refractivity contribution in [3.05, 3.63) is 70.8 Å². The second-order valence-corrected chi connectivity index (χ2v) is 35.7. The van der Waals surface area contributed by atoms with Crippen LogP contribution < -0.4 is 0 Å². The summed E-state index contributed by atoms with van der Waals surface area (Å²) in [6.07, 6.45) is 13.2. The van der Waals surface area contributed by atoms with E-state index in [1.807, 2.05) is 0 Å². The van der Waals surface area contributed by atoms with Crippen molar-refractivity contribution in [3.63, 3.8) is 0 Å². The molecule has 1 aromatic carbocycles. The molecule has 0 saturated heterocycles. The van der Waals surface area contributed by atoms with Gasteiger partial charge in [0.15, 0.2) is 25.0 Å². The zero-order valence-corrected chi connectivity index (χ0v) is 40.2. The lowest BCUT2D eigenvalue weighted by molar-refractivity contribution is 0.0968. The maximum absolute atomic E-state index is 7.13. The largest absolute Gasteiger partial charge is 0.413 e. The van der Waals surface area contributed by atoms with Crippen LogP contribution in [0.2, 0.25) is 55.9 Å². The Kier molecular flexibility index (Phi) is 13.2. The van der Waals surface area contributed by atoms with Gasteiger partial charge in [-0.1, -0.05) is 104 Å². The molecule has 3 saturated carbocycles. The number of hydrogen-bond donors (Lipinski definition) is 0. The minimum absolute atomic E-state index is 0.00981. The number of benzene rings is 1. The molecule has 3 fully saturated rings. The molecule has 0 aromatic heterocycles. The van der Waals surface area contributed by atoms with E-state index in [1.165, 1.54) is 48.8 Å². The van der Waals surface area contributed by atoms with E-state index >= 15 is 0 Å². The van der Waals surface area contributed by atoms with E-state index in [0.717, 1.165) is 18.4 Å². The van der Waals surface area contributed by atoms with Gasteiger partial charge in [0.25, 0.3) is 0 Å². The van der Waals surface area contributed by atoms with Crippen molar-refractivity contribution in [2.24, 2.45) is 23.2 Å². The second kappa shape index (κ2) is 15.8. The molecule has 4 rings (SSSR count). The maximum atomic E-state index is 7.13. The summed E-state index contributed by atoms with van der Waals surface area (Å²) in [6.45, 7) is 44.4. The Morgan fingerprint density at radius 3 is 2.11 bits per heavy atom. The highest BCUT2D eigenvalue weighted by Crippen LogP contribution is 2.59. The van der Waals surface area contributed by atoms with E-state index in [4.69, 9.17) is 19.9 Å². The summed E-state index contributed by atoms with van der Waals surface area (Å²) in [4.78, 5) is 0. The monoisotopic (exact) mass is 775 g/mol. The van der Waals surface area contributed by atoms with Crippen LogP contribution in [0.3, 0.4) is 0 Å². The predicted octanol–water partition coefficient (Wildman–Crippen LogP) is 14.0. The van der Waals surface area contributed by atoms with Gasteiger partial charge in [0, 0.05) is 17.9 Å². The molecule has 0 radical (unpaired) electrons. The van der Waals surface area contributed by atoms with Crippen LogP contribution in [0.25, 0.3) is 0 Å². The number of rotatable bonds is 9. The fourth-order valence-electron chi connectivity index (χ4n) is 8.96. The highest BCUT2D eigenvalue weighted by atomic mass is 28.4. The van der Waals surface area contributed by atoms with Crippen LogP contribution in [-0.2, 0) is 18.9 Å². The van der Waals surface area contributed by atoms with E-state index in [1.54, 1.807) is 5.57 Å². The van der Waals surface area contributed by atoms with Gasteiger partial charge in [-0.15, -0.1) is 0 Å². The molecule has 3 aliphatic rings. The highest BCUT2D eigenvalue weighted by molar-refractivity contribution is 6.74. The average molecular weight is 775 g/mol. The third-order valence-electron chi connectivity index (χ3n) is 13.9. The van der Waals surface area contributed by atoms with Crippen LogP contribution in [0.4, 0.5) is 0 Å². The molecule has 1 aromatic rings. The quantitative estimate of drug-likeness (QED) is 0.185. The van der Waals surface area contributed by atoms with E-state index in [2.05, 4.69) is 163 Å². The summed E-state index contributed by atoms with van der Waals surface area (Å²) in [5.74, 6) is 8.91. The van der Waals surface area contributed by atoms with Crippen molar-refractivity contribution in [1.29, 1.82) is 0 Å². The fraction of sp³-hybridized carbons (Fsp3) is 0.702. The Labute approximate surface area is 330 Å². The molecule has 0 amide bonds. The molecule has 3 nitrogen and oxygen atoms in total. The molecule has 6 heteroatoms. The minimum atomic E-state index is -2.00. The molecule has 0 aliphatic heterocycles. The summed E-state index contributed by atoms with van der Waals surface area (Å²) in [7, 11) is -5.64. The number of fused-ring (bicyclic) bond motifs is 1. The van der Waals surface area contributed by atoms with Gasteiger partial charge in [-0.2, -0.15) is 0 Å². The van der Waals surface area contributed by atoms with Crippen LogP contribution in [-0.4, -0.2) is 37.2 Å². The first-order valence-electron chi connectivity index (χ1n) is 20.8. The molecule has 0 heterocycles. The van der Waals surface area contributed by atoms with Crippen LogP contribution in [0.5, 0.6) is 0 Å². The predicted molar refractivity (Wildman–Crippen MR) is 237 cm³/mol. The molecular formula is C47H78O3Si3. The molecule has 0 spiro atoms. The van der Waals surface area contributed by atoms with Gasteiger partial charge in [-0.25, -0.2) is 0 Å². The van der Waals surface area contributed by atoms with Gasteiger partial charge in [0.2, 0.25) is 0 Å². The standard InChI is InChI=1S/C47H78O3Si3/c1-34(24-25-36-21-19-23-39(31-36)46(9,10)50-51(12,13)14)41-28-29-42-37(22-20-30-47(41,42)11)26-27-38-32-40(48-52(15,16)44(3,4)5)33-43(35(38)2)49-53(17,18)45(6,7)8/h19,21,23,26-27,31,34,40-43H,2,20,22,28-30,32-33H2,1,3-18H3/b37-26+,38-27-/t34-,40+,41+,42-,43-,47+/m0/s1. The normalized spacial score (nSPS) is 28.5. The molecule has 6 atom stereocenters. The Morgan fingerprint density at radius 1 is 0.887 bits per heavy atom. The Bertz CT molecular complexity index is 1600. The van der Waals surface area contributed by atoms with Crippen molar-refractivity contribution >= 4 is 25.0 Å². The van der Waals surface area contributed by atoms with Crippen LogP contribution in [0, 0.1) is 35.0 Å². The topological polar surface area (TPSA) is 27.7 Å². The van der Waals surface area contributed by atoms with Crippen molar-refractivity contribution in [2.45, 2.75) is 188 Å².